The van der Waals surface area contributed by atoms with E-state index in [-0.39, 0.29) is 18.9 Å². The molecule has 0 bridgehead atoms. The first-order valence-electron chi connectivity index (χ1n) is 12.4. The third-order valence-electron chi connectivity index (χ3n) is 6.33. The van der Waals surface area contributed by atoms with Gasteiger partial charge in [0.05, 0.1) is 23.6 Å². The van der Waals surface area contributed by atoms with Crippen LogP contribution in [0.1, 0.15) is 60.9 Å². The van der Waals surface area contributed by atoms with Crippen LogP contribution in [0.15, 0.2) is 47.4 Å². The molecule has 0 fully saturated rings. The van der Waals surface area contributed by atoms with E-state index in [0.29, 0.717) is 24.0 Å². The Balaban J connectivity index is 1.43. The zero-order valence-electron chi connectivity index (χ0n) is 22.0. The Kier molecular flexibility index (Phi) is 6.73. The van der Waals surface area contributed by atoms with Crippen molar-refractivity contribution in [2.45, 2.75) is 45.2 Å². The van der Waals surface area contributed by atoms with Crippen LogP contribution in [0.25, 0.3) is 11.3 Å². The summed E-state index contributed by atoms with van der Waals surface area (Å²) in [7, 11) is 1.82. The number of rotatable bonds is 5. The fourth-order valence-corrected chi connectivity index (χ4v) is 4.32. The molecule has 1 aliphatic rings. The molecule has 0 saturated heterocycles. The van der Waals surface area contributed by atoms with Crippen molar-refractivity contribution in [3.8, 4) is 11.3 Å². The van der Waals surface area contributed by atoms with Crippen molar-refractivity contribution in [1.29, 1.82) is 0 Å². The predicted octanol–water partition coefficient (Wildman–Crippen LogP) is 3.66. The monoisotopic (exact) mass is 531 g/mol. The van der Waals surface area contributed by atoms with E-state index in [1.807, 2.05) is 52.2 Å². The molecule has 202 valence electrons. The van der Waals surface area contributed by atoms with Gasteiger partial charge in [-0.3, -0.25) is 9.48 Å². The summed E-state index contributed by atoms with van der Waals surface area (Å²) >= 11 is 0. The Hall–Kier alpha value is -4.81. The quantitative estimate of drug-likeness (QED) is 0.346. The molecular formula is C26H29N9O4. The normalized spacial score (nSPS) is 15.4. The zero-order chi connectivity index (χ0) is 27.7. The number of hydrogen-bond acceptors (Lipinski definition) is 9. The van der Waals surface area contributed by atoms with Crippen molar-refractivity contribution in [3.63, 3.8) is 0 Å². The molecule has 3 N–H and O–H groups in total. The SMILES string of the molecule is Cn1cc(Nc2nccc(-c3ccc4c(c3)CN(C(=O)O)CCC4NC(=O)c3noc(C(C)(C)C)n3)n2)cn1. The van der Waals surface area contributed by atoms with Crippen LogP contribution < -0.4 is 10.6 Å². The average Bonchev–Trinajstić information content (AvgIpc) is 3.51. The molecule has 13 nitrogen and oxygen atoms in total. The average molecular weight is 532 g/mol. The molecule has 0 saturated carbocycles. The molecule has 1 unspecified atom stereocenters. The van der Waals surface area contributed by atoms with Crippen molar-refractivity contribution in [1.82, 2.24) is 40.1 Å². The maximum Gasteiger partial charge on any atom is 0.407 e. The number of aromatic nitrogens is 6. The number of nitrogens with one attached hydrogen (secondary N) is 2. The third-order valence-corrected chi connectivity index (χ3v) is 6.33. The van der Waals surface area contributed by atoms with Crippen LogP contribution in [-0.2, 0) is 19.0 Å². The molecule has 13 heteroatoms. The number of benzene rings is 1. The Bertz CT molecular complexity index is 1520. The molecule has 3 aromatic heterocycles. The van der Waals surface area contributed by atoms with Crippen LogP contribution in [-0.4, -0.2) is 58.4 Å². The van der Waals surface area contributed by atoms with E-state index in [0.717, 1.165) is 22.4 Å². The van der Waals surface area contributed by atoms with Crippen LogP contribution >= 0.6 is 0 Å². The first-order chi connectivity index (χ1) is 18.6. The maximum atomic E-state index is 13.0. The number of amides is 2. The van der Waals surface area contributed by atoms with Crippen LogP contribution in [0, 0.1) is 0 Å². The highest BCUT2D eigenvalue weighted by Crippen LogP contribution is 2.31. The lowest BCUT2D eigenvalue weighted by Gasteiger charge is -2.19. The lowest BCUT2D eigenvalue weighted by molar-refractivity contribution is 0.0919. The highest BCUT2D eigenvalue weighted by Gasteiger charge is 2.29. The van der Waals surface area contributed by atoms with Gasteiger partial charge in [-0.25, -0.2) is 14.8 Å². The summed E-state index contributed by atoms with van der Waals surface area (Å²) < 4.78 is 6.94. The number of aryl methyl sites for hydroxylation is 1. The lowest BCUT2D eigenvalue weighted by Crippen LogP contribution is -2.32. The molecule has 1 aromatic carbocycles. The number of nitrogens with zero attached hydrogens (tertiary/aromatic N) is 7. The second-order valence-electron chi connectivity index (χ2n) is 10.4. The van der Waals surface area contributed by atoms with E-state index >= 15 is 0 Å². The molecule has 5 rings (SSSR count). The van der Waals surface area contributed by atoms with Crippen LogP contribution in [0.2, 0.25) is 0 Å². The zero-order valence-corrected chi connectivity index (χ0v) is 22.0. The number of hydrogen-bond donors (Lipinski definition) is 3. The lowest BCUT2D eigenvalue weighted by atomic mass is 9.96. The van der Waals surface area contributed by atoms with Crippen LogP contribution in [0.4, 0.5) is 16.4 Å². The van der Waals surface area contributed by atoms with Crippen LogP contribution in [0.5, 0.6) is 0 Å². The van der Waals surface area contributed by atoms with Gasteiger partial charge in [0.2, 0.25) is 11.8 Å². The van der Waals surface area contributed by atoms with Gasteiger partial charge in [-0.15, -0.1) is 0 Å². The number of carbonyl (C=O) groups is 2. The third kappa shape index (κ3) is 5.71. The van der Waals surface area contributed by atoms with Crippen molar-refractivity contribution in [3.05, 3.63) is 65.7 Å². The van der Waals surface area contributed by atoms with E-state index in [2.05, 4.69) is 35.8 Å². The number of fused-ring (bicyclic) bond motifs is 1. The predicted molar refractivity (Wildman–Crippen MR) is 140 cm³/mol. The second-order valence-corrected chi connectivity index (χ2v) is 10.4. The van der Waals surface area contributed by atoms with Gasteiger partial charge >= 0.3 is 6.09 Å². The van der Waals surface area contributed by atoms with E-state index < -0.39 is 23.5 Å². The van der Waals surface area contributed by atoms with Crippen molar-refractivity contribution >= 4 is 23.6 Å². The Labute approximate surface area is 224 Å². The first kappa shape index (κ1) is 25.8. The van der Waals surface area contributed by atoms with Gasteiger partial charge in [-0.2, -0.15) is 10.1 Å². The van der Waals surface area contributed by atoms with Crippen LogP contribution in [0.3, 0.4) is 0 Å². The van der Waals surface area contributed by atoms with Crippen molar-refractivity contribution < 1.29 is 19.2 Å². The van der Waals surface area contributed by atoms with Gasteiger partial charge in [-0.1, -0.05) is 38.1 Å². The Morgan fingerprint density at radius 2 is 2.00 bits per heavy atom. The smallest absolute Gasteiger partial charge is 0.407 e. The van der Waals surface area contributed by atoms with E-state index in [4.69, 9.17) is 4.52 Å². The molecule has 2 amide bonds. The van der Waals surface area contributed by atoms with Crippen molar-refractivity contribution in [2.75, 3.05) is 11.9 Å². The number of anilines is 2. The molecule has 1 atom stereocenters. The summed E-state index contributed by atoms with van der Waals surface area (Å²) in [4.78, 5) is 39.4. The topological polar surface area (TPSA) is 164 Å². The molecule has 4 aromatic rings. The van der Waals surface area contributed by atoms with Gasteiger partial charge in [0.25, 0.3) is 11.7 Å². The van der Waals surface area contributed by atoms with E-state index in [1.54, 1.807) is 23.1 Å². The largest absolute Gasteiger partial charge is 0.465 e. The molecule has 0 radical (unpaired) electrons. The molecule has 39 heavy (non-hydrogen) atoms. The summed E-state index contributed by atoms with van der Waals surface area (Å²) in [5.74, 6) is 0.215. The van der Waals surface area contributed by atoms with Gasteiger partial charge in [0.1, 0.15) is 0 Å². The maximum absolute atomic E-state index is 13.0. The van der Waals surface area contributed by atoms with E-state index in [9.17, 15) is 14.7 Å². The fourth-order valence-electron chi connectivity index (χ4n) is 4.32. The second kappa shape index (κ2) is 10.2. The highest BCUT2D eigenvalue weighted by molar-refractivity contribution is 5.90. The number of carboxylic acid groups (broad SMARTS) is 1. The summed E-state index contributed by atoms with van der Waals surface area (Å²) in [6.07, 6.45) is 4.49. The molecular weight excluding hydrogens is 502 g/mol. The Morgan fingerprint density at radius 3 is 2.69 bits per heavy atom. The Morgan fingerprint density at radius 1 is 1.18 bits per heavy atom. The minimum Gasteiger partial charge on any atom is -0.465 e. The highest BCUT2D eigenvalue weighted by atomic mass is 16.5. The molecule has 0 spiro atoms. The van der Waals surface area contributed by atoms with Gasteiger partial charge in [0, 0.05) is 43.5 Å². The minimum absolute atomic E-state index is 0.0629. The summed E-state index contributed by atoms with van der Waals surface area (Å²) in [6, 6.07) is 7.03. The molecule has 4 heterocycles. The standard InChI is InChI=1S/C26H29N9O4/c1-26(2,3)23-32-21(33-39-23)22(36)30-20-8-10-35(25(37)38)13-16-11-15(5-6-18(16)20)19-7-9-27-24(31-19)29-17-12-28-34(4)14-17/h5-7,9,11-12,14,20H,8,10,13H2,1-4H3,(H,30,36)(H,37,38)(H,27,29,31). The first-order valence-corrected chi connectivity index (χ1v) is 12.4. The minimum atomic E-state index is -1.03. The van der Waals surface area contributed by atoms with Crippen molar-refractivity contribution in [2.24, 2.45) is 7.05 Å². The fraction of sp³-hybridized carbons (Fsp3) is 0.346. The number of carbonyl (C=O) groups excluding carboxylic acids is 1. The summed E-state index contributed by atoms with van der Waals surface area (Å²) in [5.41, 5.74) is 3.39. The summed E-state index contributed by atoms with van der Waals surface area (Å²) in [5, 5.41) is 23.8. The van der Waals surface area contributed by atoms with E-state index in [1.165, 1.54) is 4.90 Å². The summed E-state index contributed by atoms with van der Waals surface area (Å²) in [6.45, 7) is 6.16. The molecule has 0 aliphatic carbocycles. The van der Waals surface area contributed by atoms with Gasteiger partial charge < -0.3 is 25.2 Å². The van der Waals surface area contributed by atoms with Gasteiger partial charge in [0.15, 0.2) is 0 Å². The molecule has 1 aliphatic heterocycles. The van der Waals surface area contributed by atoms with Gasteiger partial charge in [-0.05, 0) is 29.7 Å².